The Bertz CT molecular complexity index is 486. The summed E-state index contributed by atoms with van der Waals surface area (Å²) >= 11 is 1.68. The standard InChI is InChI=1S/C11H13BrN2O3S/c1-11(2,3)18(17)13-7-8-5-4-6-9(12)10(8)14(15)16/h4-7H,1-3H3. The average molecular weight is 333 g/mol. The first-order valence-corrected chi connectivity index (χ1v) is 7.02. The minimum Gasteiger partial charge on any atom is -0.591 e. The minimum atomic E-state index is -1.43. The molecule has 0 N–H and O–H groups in total. The van der Waals surface area contributed by atoms with Crippen molar-refractivity contribution in [2.45, 2.75) is 25.5 Å². The lowest BCUT2D eigenvalue weighted by atomic mass is 10.2. The third-order valence-electron chi connectivity index (χ3n) is 2.01. The fourth-order valence-corrected chi connectivity index (χ4v) is 2.14. The van der Waals surface area contributed by atoms with Gasteiger partial charge in [-0.3, -0.25) is 10.1 Å². The van der Waals surface area contributed by atoms with Crippen molar-refractivity contribution in [3.63, 3.8) is 0 Å². The second kappa shape index (κ2) is 5.81. The molecule has 1 rings (SSSR count). The summed E-state index contributed by atoms with van der Waals surface area (Å²) in [6.07, 6.45) is 1.28. The fraction of sp³-hybridized carbons (Fsp3) is 0.364. The third-order valence-corrected chi connectivity index (χ3v) is 4.00. The first-order chi connectivity index (χ1) is 8.23. The summed E-state index contributed by atoms with van der Waals surface area (Å²) in [7, 11) is 0. The van der Waals surface area contributed by atoms with Gasteiger partial charge in [0.2, 0.25) is 0 Å². The molecule has 0 aliphatic heterocycles. The maximum Gasteiger partial charge on any atom is 0.292 e. The lowest BCUT2D eigenvalue weighted by molar-refractivity contribution is -0.385. The molecule has 0 aliphatic carbocycles. The van der Waals surface area contributed by atoms with Crippen LogP contribution in [0.3, 0.4) is 0 Å². The monoisotopic (exact) mass is 332 g/mol. The van der Waals surface area contributed by atoms with E-state index in [0.717, 1.165) is 0 Å². The van der Waals surface area contributed by atoms with Crippen molar-refractivity contribution >= 4 is 39.2 Å². The predicted octanol–water partition coefficient (Wildman–Crippen LogP) is 3.24. The van der Waals surface area contributed by atoms with Gasteiger partial charge in [-0.05, 0) is 48.8 Å². The molecular formula is C11H13BrN2O3S. The summed E-state index contributed by atoms with van der Waals surface area (Å²) in [5.41, 5.74) is 0.249. The highest BCUT2D eigenvalue weighted by molar-refractivity contribution is 9.10. The van der Waals surface area contributed by atoms with Crippen molar-refractivity contribution in [1.29, 1.82) is 0 Å². The van der Waals surface area contributed by atoms with E-state index in [0.29, 0.717) is 10.0 Å². The normalized spacial score (nSPS) is 13.8. The largest absolute Gasteiger partial charge is 0.591 e. The number of hydrogen-bond donors (Lipinski definition) is 0. The molecule has 0 saturated heterocycles. The van der Waals surface area contributed by atoms with Crippen LogP contribution in [0.1, 0.15) is 26.3 Å². The summed E-state index contributed by atoms with van der Waals surface area (Å²) in [5.74, 6) is 0. The second-order valence-corrected chi connectivity index (χ2v) is 7.32. The zero-order valence-corrected chi connectivity index (χ0v) is 12.6. The lowest BCUT2D eigenvalue weighted by Crippen LogP contribution is -2.25. The molecule has 0 bridgehead atoms. The Kier molecular flexibility index (Phi) is 4.89. The Morgan fingerprint density at radius 1 is 1.44 bits per heavy atom. The van der Waals surface area contributed by atoms with Crippen LogP contribution in [0.4, 0.5) is 5.69 Å². The first kappa shape index (κ1) is 15.1. The number of rotatable bonds is 3. The van der Waals surface area contributed by atoms with E-state index in [4.69, 9.17) is 0 Å². The van der Waals surface area contributed by atoms with Gasteiger partial charge in [-0.25, -0.2) is 0 Å². The van der Waals surface area contributed by atoms with Gasteiger partial charge in [-0.15, -0.1) is 0 Å². The van der Waals surface area contributed by atoms with Gasteiger partial charge in [-0.2, -0.15) is 0 Å². The molecule has 7 heteroatoms. The molecule has 0 aromatic heterocycles. The zero-order chi connectivity index (χ0) is 13.9. The Labute approximate surface area is 117 Å². The Balaban J connectivity index is 3.09. The molecule has 0 radical (unpaired) electrons. The van der Waals surface area contributed by atoms with E-state index >= 15 is 0 Å². The van der Waals surface area contributed by atoms with Crippen LogP contribution in [-0.4, -0.2) is 20.4 Å². The minimum absolute atomic E-state index is 0.0767. The quantitative estimate of drug-likeness (QED) is 0.369. The van der Waals surface area contributed by atoms with Gasteiger partial charge in [0.05, 0.1) is 21.2 Å². The Hall–Kier alpha value is -0.920. The van der Waals surface area contributed by atoms with Gasteiger partial charge in [-0.1, -0.05) is 10.5 Å². The molecule has 0 spiro atoms. The molecule has 0 heterocycles. The van der Waals surface area contributed by atoms with Crippen LogP contribution in [0.15, 0.2) is 27.1 Å². The number of benzene rings is 1. The highest BCUT2D eigenvalue weighted by Crippen LogP contribution is 2.28. The van der Waals surface area contributed by atoms with Crippen molar-refractivity contribution < 1.29 is 9.48 Å². The zero-order valence-electron chi connectivity index (χ0n) is 10.2. The maximum absolute atomic E-state index is 11.7. The summed E-state index contributed by atoms with van der Waals surface area (Å²) in [6, 6.07) is 4.81. The summed E-state index contributed by atoms with van der Waals surface area (Å²) < 4.78 is 15.5. The van der Waals surface area contributed by atoms with Crippen LogP contribution in [0.5, 0.6) is 0 Å². The summed E-state index contributed by atoms with van der Waals surface area (Å²) in [4.78, 5) is 10.4. The van der Waals surface area contributed by atoms with Crippen LogP contribution in [0, 0.1) is 10.1 Å². The van der Waals surface area contributed by atoms with Crippen molar-refractivity contribution in [2.24, 2.45) is 4.40 Å². The van der Waals surface area contributed by atoms with E-state index in [1.165, 1.54) is 6.21 Å². The van der Waals surface area contributed by atoms with E-state index in [9.17, 15) is 14.7 Å². The van der Waals surface area contributed by atoms with Gasteiger partial charge in [0, 0.05) is 0 Å². The van der Waals surface area contributed by atoms with Crippen LogP contribution < -0.4 is 0 Å². The van der Waals surface area contributed by atoms with E-state index in [1.54, 1.807) is 39.0 Å². The smallest absolute Gasteiger partial charge is 0.292 e. The second-order valence-electron chi connectivity index (χ2n) is 4.53. The van der Waals surface area contributed by atoms with Gasteiger partial charge >= 0.3 is 0 Å². The molecule has 5 nitrogen and oxygen atoms in total. The molecule has 1 unspecified atom stereocenters. The highest BCUT2D eigenvalue weighted by Gasteiger charge is 2.26. The first-order valence-electron chi connectivity index (χ1n) is 5.12. The molecular weight excluding hydrogens is 320 g/mol. The molecule has 0 saturated carbocycles. The van der Waals surface area contributed by atoms with E-state index < -0.39 is 21.0 Å². The van der Waals surface area contributed by atoms with Crippen LogP contribution in [0.25, 0.3) is 0 Å². The van der Waals surface area contributed by atoms with E-state index in [2.05, 4.69) is 20.3 Å². The predicted molar refractivity (Wildman–Crippen MR) is 76.3 cm³/mol. The van der Waals surface area contributed by atoms with Gasteiger partial charge in [0.15, 0.2) is 0 Å². The molecule has 18 heavy (non-hydrogen) atoms. The molecule has 0 amide bonds. The van der Waals surface area contributed by atoms with Crippen molar-refractivity contribution in [1.82, 2.24) is 0 Å². The van der Waals surface area contributed by atoms with Crippen LogP contribution in [-0.2, 0) is 11.4 Å². The lowest BCUT2D eigenvalue weighted by Gasteiger charge is -2.17. The van der Waals surface area contributed by atoms with Crippen molar-refractivity contribution in [3.05, 3.63) is 38.3 Å². The summed E-state index contributed by atoms with van der Waals surface area (Å²) in [5, 5.41) is 10.9. The van der Waals surface area contributed by atoms with Gasteiger partial charge < -0.3 is 4.55 Å². The van der Waals surface area contributed by atoms with Gasteiger partial charge in [0.25, 0.3) is 5.69 Å². The number of halogens is 1. The SMILES string of the molecule is CC(C)(C)[S+]([O-])N=Cc1cccc(Br)c1[N+](=O)[O-]. The number of nitro groups is 1. The molecule has 1 aromatic carbocycles. The number of nitrogens with zero attached hydrogens (tertiary/aromatic N) is 2. The maximum atomic E-state index is 11.7. The molecule has 98 valence electrons. The van der Waals surface area contributed by atoms with Crippen LogP contribution >= 0.6 is 15.9 Å². The highest BCUT2D eigenvalue weighted by atomic mass is 79.9. The van der Waals surface area contributed by atoms with Crippen molar-refractivity contribution in [3.8, 4) is 0 Å². The number of hydrogen-bond acceptors (Lipinski definition) is 4. The Morgan fingerprint density at radius 2 is 2.06 bits per heavy atom. The van der Waals surface area contributed by atoms with Gasteiger partial charge in [0.1, 0.15) is 16.1 Å². The fourth-order valence-electron chi connectivity index (χ4n) is 1.09. The average Bonchev–Trinajstić information content (AvgIpc) is 2.23. The van der Waals surface area contributed by atoms with Crippen LogP contribution in [0.2, 0.25) is 0 Å². The number of nitro benzene ring substituents is 1. The number of para-hydroxylation sites is 1. The Morgan fingerprint density at radius 3 is 2.56 bits per heavy atom. The third kappa shape index (κ3) is 3.79. The summed E-state index contributed by atoms with van der Waals surface area (Å²) in [6.45, 7) is 5.36. The van der Waals surface area contributed by atoms with Crippen molar-refractivity contribution in [2.75, 3.05) is 0 Å². The molecule has 1 aromatic rings. The topological polar surface area (TPSA) is 78.6 Å². The molecule has 0 fully saturated rings. The van der Waals surface area contributed by atoms with E-state index in [1.807, 2.05) is 0 Å². The van der Waals surface area contributed by atoms with E-state index in [-0.39, 0.29) is 5.69 Å². The molecule has 0 aliphatic rings. The molecule has 1 atom stereocenters.